The molecule has 1 aliphatic heterocycles. The van der Waals surface area contributed by atoms with Gasteiger partial charge < -0.3 is 9.64 Å². The first-order valence-electron chi connectivity index (χ1n) is 10.5. The number of nitrogens with zero attached hydrogens (tertiary/aromatic N) is 3. The number of nitriles is 1. The van der Waals surface area contributed by atoms with Crippen molar-refractivity contribution in [1.82, 2.24) is 9.80 Å². The Balaban J connectivity index is 2.09. The fourth-order valence-corrected chi connectivity index (χ4v) is 3.66. The van der Waals surface area contributed by atoms with Gasteiger partial charge in [-0.1, -0.05) is 19.9 Å². The maximum absolute atomic E-state index is 13.5. The number of benzene rings is 1. The van der Waals surface area contributed by atoms with Crippen molar-refractivity contribution in [1.29, 1.82) is 5.26 Å². The van der Waals surface area contributed by atoms with Gasteiger partial charge in [-0.15, -0.1) is 0 Å². The molecule has 1 aliphatic rings. The molecule has 0 unspecified atom stereocenters. The standard InChI is InChI=1S/C22H29F4N3O2/c1-16(2)15-31-21(30)28-11-7-19(8-12-28)29(10-4-3-9-27)14-17-5-6-18(23)13-20(17)22(24,25)26/h5-6,13,16,19H,3-4,7-8,10-12,14-15H2,1-2H3. The van der Waals surface area contributed by atoms with E-state index in [1.165, 1.54) is 6.07 Å². The van der Waals surface area contributed by atoms with Gasteiger partial charge in [-0.25, -0.2) is 9.18 Å². The molecule has 0 aliphatic carbocycles. The largest absolute Gasteiger partial charge is 0.449 e. The number of alkyl halides is 3. The van der Waals surface area contributed by atoms with E-state index in [0.717, 1.165) is 6.07 Å². The first-order valence-corrected chi connectivity index (χ1v) is 10.5. The zero-order valence-corrected chi connectivity index (χ0v) is 17.9. The van der Waals surface area contributed by atoms with E-state index in [2.05, 4.69) is 6.07 Å². The van der Waals surface area contributed by atoms with Crippen LogP contribution in [0.25, 0.3) is 0 Å². The van der Waals surface area contributed by atoms with Gasteiger partial charge in [-0.05, 0) is 49.4 Å². The van der Waals surface area contributed by atoms with E-state index in [1.807, 2.05) is 18.7 Å². The lowest BCUT2D eigenvalue weighted by molar-refractivity contribution is -0.138. The highest BCUT2D eigenvalue weighted by Gasteiger charge is 2.35. The third-order valence-corrected chi connectivity index (χ3v) is 5.26. The number of piperidine rings is 1. The molecule has 0 bridgehead atoms. The SMILES string of the molecule is CC(C)COC(=O)N1CCC(N(CCCC#N)Cc2ccc(F)cc2C(F)(F)F)CC1. The second-order valence-electron chi connectivity index (χ2n) is 8.22. The van der Waals surface area contributed by atoms with Crippen molar-refractivity contribution in [3.8, 4) is 6.07 Å². The second-order valence-corrected chi connectivity index (χ2v) is 8.22. The molecule has 0 N–H and O–H groups in total. The third kappa shape index (κ3) is 7.69. The summed E-state index contributed by atoms with van der Waals surface area (Å²) < 4.78 is 58.9. The van der Waals surface area contributed by atoms with Gasteiger partial charge >= 0.3 is 12.3 Å². The third-order valence-electron chi connectivity index (χ3n) is 5.26. The van der Waals surface area contributed by atoms with E-state index in [0.29, 0.717) is 58.0 Å². The topological polar surface area (TPSA) is 56.6 Å². The number of amides is 1. The van der Waals surface area contributed by atoms with Gasteiger partial charge in [0.05, 0.1) is 18.2 Å². The van der Waals surface area contributed by atoms with Crippen molar-refractivity contribution in [2.75, 3.05) is 26.2 Å². The summed E-state index contributed by atoms with van der Waals surface area (Å²) >= 11 is 0. The molecule has 0 saturated carbocycles. The first-order chi connectivity index (χ1) is 14.6. The highest BCUT2D eigenvalue weighted by Crippen LogP contribution is 2.34. The zero-order chi connectivity index (χ0) is 23.0. The summed E-state index contributed by atoms with van der Waals surface area (Å²) in [4.78, 5) is 15.7. The van der Waals surface area contributed by atoms with Crippen LogP contribution in [0.2, 0.25) is 0 Å². The van der Waals surface area contributed by atoms with E-state index in [-0.39, 0.29) is 30.2 Å². The molecule has 0 radical (unpaired) electrons. The molecule has 1 aromatic carbocycles. The van der Waals surface area contributed by atoms with Crippen LogP contribution in [0.1, 0.15) is 50.7 Å². The molecule has 1 amide bonds. The minimum Gasteiger partial charge on any atom is -0.449 e. The Bertz CT molecular complexity index is 769. The number of carbonyl (C=O) groups is 1. The van der Waals surface area contributed by atoms with E-state index >= 15 is 0 Å². The van der Waals surface area contributed by atoms with Crippen molar-refractivity contribution in [3.63, 3.8) is 0 Å². The highest BCUT2D eigenvalue weighted by molar-refractivity contribution is 5.67. The lowest BCUT2D eigenvalue weighted by atomic mass is 10.00. The quantitative estimate of drug-likeness (QED) is 0.409. The lowest BCUT2D eigenvalue weighted by Gasteiger charge is -2.38. The minimum absolute atomic E-state index is 0.00299. The molecule has 1 heterocycles. The van der Waals surface area contributed by atoms with Crippen molar-refractivity contribution in [3.05, 3.63) is 35.1 Å². The predicted molar refractivity (Wildman–Crippen MR) is 107 cm³/mol. The summed E-state index contributed by atoms with van der Waals surface area (Å²) in [5.74, 6) is -0.698. The summed E-state index contributed by atoms with van der Waals surface area (Å²) in [6, 6.07) is 4.74. The Morgan fingerprint density at radius 1 is 1.32 bits per heavy atom. The molecular formula is C22H29F4N3O2. The van der Waals surface area contributed by atoms with E-state index in [9.17, 15) is 22.4 Å². The van der Waals surface area contributed by atoms with Crippen molar-refractivity contribution in [2.24, 2.45) is 5.92 Å². The smallest absolute Gasteiger partial charge is 0.416 e. The van der Waals surface area contributed by atoms with Crippen molar-refractivity contribution < 1.29 is 27.1 Å². The summed E-state index contributed by atoms with van der Waals surface area (Å²) in [5, 5.41) is 8.83. The molecule has 0 aromatic heterocycles. The van der Waals surface area contributed by atoms with Crippen LogP contribution in [0.3, 0.4) is 0 Å². The number of halogens is 4. The van der Waals surface area contributed by atoms with Crippen LogP contribution in [-0.4, -0.2) is 48.2 Å². The number of hydrogen-bond donors (Lipinski definition) is 0. The minimum atomic E-state index is -4.65. The summed E-state index contributed by atoms with van der Waals surface area (Å²) in [5.41, 5.74) is -0.975. The van der Waals surface area contributed by atoms with Crippen LogP contribution >= 0.6 is 0 Å². The number of carbonyl (C=O) groups excluding carboxylic acids is 1. The molecule has 2 rings (SSSR count). The zero-order valence-electron chi connectivity index (χ0n) is 17.9. The van der Waals surface area contributed by atoms with E-state index in [4.69, 9.17) is 10.00 Å². The van der Waals surface area contributed by atoms with Crippen LogP contribution in [-0.2, 0) is 17.5 Å². The van der Waals surface area contributed by atoms with Gasteiger partial charge in [-0.2, -0.15) is 18.4 Å². The first kappa shape index (κ1) is 24.9. The molecule has 1 fully saturated rings. The van der Waals surface area contributed by atoms with E-state index < -0.39 is 17.6 Å². The molecule has 1 aromatic rings. The number of ether oxygens (including phenoxy) is 1. The van der Waals surface area contributed by atoms with Crippen LogP contribution in [0.4, 0.5) is 22.4 Å². The monoisotopic (exact) mass is 443 g/mol. The average Bonchev–Trinajstić information content (AvgIpc) is 2.72. The number of hydrogen-bond acceptors (Lipinski definition) is 4. The molecule has 9 heteroatoms. The Morgan fingerprint density at radius 3 is 2.58 bits per heavy atom. The number of likely N-dealkylation sites (tertiary alicyclic amines) is 1. The Hall–Kier alpha value is -2.34. The van der Waals surface area contributed by atoms with Crippen molar-refractivity contribution >= 4 is 6.09 Å². The Labute approximate surface area is 180 Å². The van der Waals surface area contributed by atoms with Crippen LogP contribution in [0.15, 0.2) is 18.2 Å². The lowest BCUT2D eigenvalue weighted by Crippen LogP contribution is -2.47. The van der Waals surface area contributed by atoms with Crippen LogP contribution in [0.5, 0.6) is 0 Å². The van der Waals surface area contributed by atoms with E-state index in [1.54, 1.807) is 4.90 Å². The average molecular weight is 443 g/mol. The fraction of sp³-hybridized carbons (Fsp3) is 0.636. The Kier molecular flexibility index (Phi) is 9.11. The summed E-state index contributed by atoms with van der Waals surface area (Å²) in [6.07, 6.45) is -3.03. The number of unbranched alkanes of at least 4 members (excludes halogenated alkanes) is 1. The van der Waals surface area contributed by atoms with Crippen LogP contribution in [0, 0.1) is 23.1 Å². The van der Waals surface area contributed by atoms with Gasteiger partial charge in [0.2, 0.25) is 0 Å². The molecule has 172 valence electrons. The molecule has 0 atom stereocenters. The van der Waals surface area contributed by atoms with Gasteiger partial charge in [0.25, 0.3) is 0 Å². The van der Waals surface area contributed by atoms with Crippen LogP contribution < -0.4 is 0 Å². The molecule has 5 nitrogen and oxygen atoms in total. The molecular weight excluding hydrogens is 414 g/mol. The van der Waals surface area contributed by atoms with Gasteiger partial charge in [0.1, 0.15) is 5.82 Å². The highest BCUT2D eigenvalue weighted by atomic mass is 19.4. The van der Waals surface area contributed by atoms with Gasteiger partial charge in [-0.3, -0.25) is 4.90 Å². The maximum atomic E-state index is 13.5. The Morgan fingerprint density at radius 2 is 2.00 bits per heavy atom. The van der Waals surface area contributed by atoms with Gasteiger partial charge in [0.15, 0.2) is 0 Å². The maximum Gasteiger partial charge on any atom is 0.416 e. The summed E-state index contributed by atoms with van der Waals surface area (Å²) in [7, 11) is 0. The molecule has 0 spiro atoms. The fourth-order valence-electron chi connectivity index (χ4n) is 3.66. The molecule has 1 saturated heterocycles. The predicted octanol–water partition coefficient (Wildman–Crippen LogP) is 5.21. The molecule has 31 heavy (non-hydrogen) atoms. The normalized spacial score (nSPS) is 15.4. The number of rotatable bonds is 8. The van der Waals surface area contributed by atoms with Gasteiger partial charge in [0, 0.05) is 32.1 Å². The second kappa shape index (κ2) is 11.3. The van der Waals surface area contributed by atoms with Crippen molar-refractivity contribution in [2.45, 2.75) is 58.3 Å². The summed E-state index contributed by atoms with van der Waals surface area (Å²) in [6.45, 7) is 5.59.